The van der Waals surface area contributed by atoms with E-state index >= 15 is 0 Å². The molecule has 1 saturated heterocycles. The minimum Gasteiger partial charge on any atom is -0.302 e. The zero-order valence-corrected chi connectivity index (χ0v) is 8.97. The lowest BCUT2D eigenvalue weighted by Crippen LogP contribution is -2.56. The van der Waals surface area contributed by atoms with Crippen LogP contribution >= 0.6 is 0 Å². The van der Waals surface area contributed by atoms with Crippen LogP contribution in [-0.2, 0) is 0 Å². The topological polar surface area (TPSA) is 27.0 Å². The lowest BCUT2D eigenvalue weighted by Gasteiger charge is -2.52. The average Bonchev–Trinajstić information content (AvgIpc) is 2.17. The number of hydrogen-bond donors (Lipinski definition) is 0. The number of unbranched alkanes of at least 4 members (excludes halogenated alkanes) is 1. The van der Waals surface area contributed by atoms with E-state index in [1.165, 1.54) is 45.2 Å². The van der Waals surface area contributed by atoms with Gasteiger partial charge in [0.2, 0.25) is 0 Å². The Bertz CT molecular complexity index is 215. The summed E-state index contributed by atoms with van der Waals surface area (Å²) in [7, 11) is 0. The molecule has 0 aromatic heterocycles. The monoisotopic (exact) mass is 192 g/mol. The van der Waals surface area contributed by atoms with Crippen molar-refractivity contribution >= 4 is 0 Å². The van der Waals surface area contributed by atoms with Crippen molar-refractivity contribution in [3.8, 4) is 6.07 Å². The third-order valence-electron chi connectivity index (χ3n) is 3.80. The zero-order valence-electron chi connectivity index (χ0n) is 8.97. The van der Waals surface area contributed by atoms with Gasteiger partial charge in [-0.25, -0.2) is 0 Å². The second kappa shape index (κ2) is 4.31. The van der Waals surface area contributed by atoms with Crippen molar-refractivity contribution in [1.82, 2.24) is 4.90 Å². The first-order chi connectivity index (χ1) is 6.85. The Labute approximate surface area is 86.9 Å². The molecule has 2 nitrogen and oxygen atoms in total. The van der Waals surface area contributed by atoms with Gasteiger partial charge in [0.15, 0.2) is 0 Å². The Morgan fingerprint density at radius 1 is 1.14 bits per heavy atom. The van der Waals surface area contributed by atoms with Crippen LogP contribution in [0.25, 0.3) is 0 Å². The van der Waals surface area contributed by atoms with Crippen molar-refractivity contribution in [3.05, 3.63) is 0 Å². The minimum atomic E-state index is 0.713. The van der Waals surface area contributed by atoms with E-state index in [4.69, 9.17) is 5.26 Å². The summed E-state index contributed by atoms with van der Waals surface area (Å²) in [4.78, 5) is 2.53. The molecule has 0 bridgehead atoms. The highest BCUT2D eigenvalue weighted by Gasteiger charge is 2.42. The molecule has 0 radical (unpaired) electrons. The van der Waals surface area contributed by atoms with Crippen LogP contribution in [0.3, 0.4) is 0 Å². The van der Waals surface area contributed by atoms with Crippen molar-refractivity contribution in [2.45, 2.75) is 44.9 Å². The smallest absolute Gasteiger partial charge is 0.0622 e. The van der Waals surface area contributed by atoms with E-state index < -0.39 is 0 Å². The molecule has 1 aliphatic heterocycles. The highest BCUT2D eigenvalue weighted by Crippen LogP contribution is 2.43. The van der Waals surface area contributed by atoms with Crippen LogP contribution < -0.4 is 0 Å². The second-order valence-corrected chi connectivity index (χ2v) is 5.03. The minimum absolute atomic E-state index is 0.713. The predicted octanol–water partition coefficient (Wildman–Crippen LogP) is 2.56. The van der Waals surface area contributed by atoms with Crippen LogP contribution in [0.15, 0.2) is 0 Å². The third-order valence-corrected chi connectivity index (χ3v) is 3.80. The van der Waals surface area contributed by atoms with Crippen molar-refractivity contribution in [2.75, 3.05) is 19.6 Å². The molecule has 78 valence electrons. The molecule has 14 heavy (non-hydrogen) atoms. The quantitative estimate of drug-likeness (QED) is 0.643. The molecule has 0 unspecified atom stereocenters. The Kier molecular flexibility index (Phi) is 3.08. The Hall–Kier alpha value is -0.550. The summed E-state index contributed by atoms with van der Waals surface area (Å²) in [6, 6.07) is 2.22. The summed E-state index contributed by atoms with van der Waals surface area (Å²) in [5.41, 5.74) is 0.713. The van der Waals surface area contributed by atoms with E-state index in [1.54, 1.807) is 0 Å². The first-order valence-electron chi connectivity index (χ1n) is 5.94. The molecule has 2 rings (SSSR count). The molecule has 0 atom stereocenters. The van der Waals surface area contributed by atoms with Gasteiger partial charge in [0, 0.05) is 19.5 Å². The van der Waals surface area contributed by atoms with Gasteiger partial charge in [0.1, 0.15) is 0 Å². The normalized spacial score (nSPS) is 25.6. The van der Waals surface area contributed by atoms with Gasteiger partial charge in [-0.05, 0) is 31.2 Å². The molecular formula is C12H20N2. The van der Waals surface area contributed by atoms with Crippen LogP contribution in [0.4, 0.5) is 0 Å². The highest BCUT2D eigenvalue weighted by molar-refractivity contribution is 4.96. The summed E-state index contributed by atoms with van der Waals surface area (Å²) in [6.45, 7) is 3.78. The molecule has 1 heterocycles. The molecule has 1 aliphatic carbocycles. The van der Waals surface area contributed by atoms with Crippen LogP contribution in [0.1, 0.15) is 44.9 Å². The molecular weight excluding hydrogens is 172 g/mol. The molecule has 0 amide bonds. The molecule has 2 aliphatic rings. The van der Waals surface area contributed by atoms with Crippen LogP contribution in [-0.4, -0.2) is 24.5 Å². The van der Waals surface area contributed by atoms with Gasteiger partial charge in [-0.3, -0.25) is 0 Å². The van der Waals surface area contributed by atoms with Crippen LogP contribution in [0.2, 0.25) is 0 Å². The van der Waals surface area contributed by atoms with E-state index in [0.717, 1.165) is 19.4 Å². The number of nitrogens with zero attached hydrogens (tertiary/aromatic N) is 2. The molecule has 0 aromatic rings. The number of likely N-dealkylation sites (tertiary alicyclic amines) is 1. The van der Waals surface area contributed by atoms with Gasteiger partial charge in [-0.15, -0.1) is 0 Å². The molecule has 1 spiro atoms. The number of hydrogen-bond acceptors (Lipinski definition) is 2. The maximum absolute atomic E-state index is 8.44. The maximum Gasteiger partial charge on any atom is 0.0622 e. The maximum atomic E-state index is 8.44. The third kappa shape index (κ3) is 2.09. The second-order valence-electron chi connectivity index (χ2n) is 5.03. The highest BCUT2D eigenvalue weighted by atomic mass is 15.2. The number of nitriles is 1. The van der Waals surface area contributed by atoms with Crippen molar-refractivity contribution in [1.29, 1.82) is 5.26 Å². The summed E-state index contributed by atoms with van der Waals surface area (Å²) in [5, 5.41) is 8.44. The lowest BCUT2D eigenvalue weighted by molar-refractivity contribution is -0.0278. The average molecular weight is 192 g/mol. The van der Waals surface area contributed by atoms with Crippen molar-refractivity contribution in [3.63, 3.8) is 0 Å². The Morgan fingerprint density at radius 3 is 2.50 bits per heavy atom. The molecule has 1 saturated carbocycles. The van der Waals surface area contributed by atoms with Gasteiger partial charge in [-0.2, -0.15) is 5.26 Å². The SMILES string of the molecule is N#CCCCN1CC2(CCCCC2)C1. The Balaban J connectivity index is 1.65. The molecule has 0 N–H and O–H groups in total. The fourth-order valence-corrected chi connectivity index (χ4v) is 3.06. The van der Waals surface area contributed by atoms with Gasteiger partial charge >= 0.3 is 0 Å². The van der Waals surface area contributed by atoms with Crippen molar-refractivity contribution in [2.24, 2.45) is 5.41 Å². The van der Waals surface area contributed by atoms with E-state index in [2.05, 4.69) is 11.0 Å². The van der Waals surface area contributed by atoms with E-state index in [1.807, 2.05) is 0 Å². The lowest BCUT2D eigenvalue weighted by atomic mass is 9.68. The number of rotatable bonds is 3. The van der Waals surface area contributed by atoms with Crippen molar-refractivity contribution < 1.29 is 0 Å². The largest absolute Gasteiger partial charge is 0.302 e. The predicted molar refractivity (Wildman–Crippen MR) is 56.8 cm³/mol. The van der Waals surface area contributed by atoms with Gasteiger partial charge < -0.3 is 4.90 Å². The summed E-state index contributed by atoms with van der Waals surface area (Å²) >= 11 is 0. The molecule has 0 aromatic carbocycles. The van der Waals surface area contributed by atoms with E-state index in [0.29, 0.717) is 5.41 Å². The van der Waals surface area contributed by atoms with Gasteiger partial charge in [-0.1, -0.05) is 19.3 Å². The Morgan fingerprint density at radius 2 is 1.86 bits per heavy atom. The first kappa shape index (κ1) is 9.98. The molecule has 2 heteroatoms. The van der Waals surface area contributed by atoms with Crippen LogP contribution in [0.5, 0.6) is 0 Å². The van der Waals surface area contributed by atoms with Crippen LogP contribution in [0, 0.1) is 16.7 Å². The van der Waals surface area contributed by atoms with E-state index in [-0.39, 0.29) is 0 Å². The zero-order chi connectivity index (χ0) is 9.86. The fraction of sp³-hybridized carbons (Fsp3) is 0.917. The van der Waals surface area contributed by atoms with Gasteiger partial charge in [0.25, 0.3) is 0 Å². The first-order valence-corrected chi connectivity index (χ1v) is 5.94. The summed E-state index contributed by atoms with van der Waals surface area (Å²) in [6.07, 6.45) is 9.06. The molecule has 2 fully saturated rings. The summed E-state index contributed by atoms with van der Waals surface area (Å²) in [5.74, 6) is 0. The van der Waals surface area contributed by atoms with Gasteiger partial charge in [0.05, 0.1) is 6.07 Å². The standard InChI is InChI=1S/C12H20N2/c13-8-4-5-9-14-10-12(11-14)6-2-1-3-7-12/h1-7,9-11H2. The summed E-state index contributed by atoms with van der Waals surface area (Å²) < 4.78 is 0. The van der Waals surface area contributed by atoms with E-state index in [9.17, 15) is 0 Å². The fourth-order valence-electron chi connectivity index (χ4n) is 3.06.